The first-order chi connectivity index (χ1) is 17.3. The lowest BCUT2D eigenvalue weighted by molar-refractivity contribution is -0.139. The van der Waals surface area contributed by atoms with Gasteiger partial charge in [-0.15, -0.1) is 0 Å². The molecule has 2 aromatic rings. The molecule has 1 saturated heterocycles. The Labute approximate surface area is 214 Å². The summed E-state index contributed by atoms with van der Waals surface area (Å²) in [6, 6.07) is 12.8. The van der Waals surface area contributed by atoms with E-state index in [0.717, 1.165) is 37.8 Å². The van der Waals surface area contributed by atoms with Crippen LogP contribution in [0.1, 0.15) is 61.4 Å². The van der Waals surface area contributed by atoms with Crippen molar-refractivity contribution in [3.05, 3.63) is 70.3 Å². The quantitative estimate of drug-likeness (QED) is 0.305. The van der Waals surface area contributed by atoms with Gasteiger partial charge in [0.1, 0.15) is 11.5 Å². The van der Waals surface area contributed by atoms with E-state index in [1.165, 1.54) is 17.5 Å². The van der Waals surface area contributed by atoms with Crippen LogP contribution < -0.4 is 4.74 Å². The van der Waals surface area contributed by atoms with Crippen LogP contribution in [0.3, 0.4) is 0 Å². The van der Waals surface area contributed by atoms with E-state index < -0.39 is 17.7 Å². The number of benzene rings is 2. The number of Topliss-reactive ketones (excluding diaryl/α,β-unsaturated/α-hetero) is 1. The third kappa shape index (κ3) is 5.65. The highest BCUT2D eigenvalue weighted by molar-refractivity contribution is 6.46. The second-order valence-corrected chi connectivity index (χ2v) is 10.6. The lowest BCUT2D eigenvalue weighted by Gasteiger charge is -2.26. The van der Waals surface area contributed by atoms with Crippen molar-refractivity contribution < 1.29 is 19.4 Å². The number of fused-ring (bicyclic) bond motifs is 1. The predicted molar refractivity (Wildman–Crippen MR) is 142 cm³/mol. The average Bonchev–Trinajstić information content (AvgIpc) is 3.11. The summed E-state index contributed by atoms with van der Waals surface area (Å²) in [5.74, 6) is -0.237. The molecule has 1 unspecified atom stereocenters. The Kier molecular flexibility index (Phi) is 8.14. The van der Waals surface area contributed by atoms with Crippen LogP contribution in [-0.4, -0.2) is 60.4 Å². The van der Waals surface area contributed by atoms with Crippen molar-refractivity contribution in [2.45, 2.75) is 52.0 Å². The monoisotopic (exact) mass is 490 g/mol. The summed E-state index contributed by atoms with van der Waals surface area (Å²) in [5.41, 5.74) is 4.03. The molecule has 2 aliphatic rings. The van der Waals surface area contributed by atoms with E-state index in [1.807, 2.05) is 56.6 Å². The molecule has 0 bridgehead atoms. The molecule has 1 heterocycles. The molecule has 0 saturated carbocycles. The number of carbonyl (C=O) groups excluding carboxylic acids is 2. The Morgan fingerprint density at radius 2 is 1.83 bits per heavy atom. The topological polar surface area (TPSA) is 70.1 Å². The van der Waals surface area contributed by atoms with Crippen molar-refractivity contribution in [3.63, 3.8) is 0 Å². The number of aryl methyl sites for hydroxylation is 2. The van der Waals surface area contributed by atoms with E-state index in [4.69, 9.17) is 4.74 Å². The van der Waals surface area contributed by atoms with E-state index in [1.54, 1.807) is 4.90 Å². The van der Waals surface area contributed by atoms with Crippen LogP contribution in [0.5, 0.6) is 5.75 Å². The molecular formula is C30H38N2O4. The maximum absolute atomic E-state index is 13.3. The van der Waals surface area contributed by atoms with Gasteiger partial charge in [-0.2, -0.15) is 0 Å². The zero-order valence-electron chi connectivity index (χ0n) is 21.9. The molecule has 0 radical (unpaired) electrons. The maximum atomic E-state index is 13.3. The van der Waals surface area contributed by atoms with Crippen LogP contribution in [-0.2, 0) is 22.4 Å². The Balaban J connectivity index is 1.76. The number of hydrogen-bond donors (Lipinski definition) is 1. The number of aliphatic hydroxyl groups excluding tert-OH is 1. The molecule has 2 aromatic carbocycles. The normalized spacial score (nSPS) is 19.3. The number of ether oxygens (including phenoxy) is 1. The van der Waals surface area contributed by atoms with Crippen LogP contribution in [0.25, 0.3) is 5.76 Å². The average molecular weight is 491 g/mol. The molecule has 192 valence electrons. The minimum Gasteiger partial charge on any atom is -0.507 e. The number of rotatable bonds is 9. The van der Waals surface area contributed by atoms with Crippen molar-refractivity contribution in [1.82, 2.24) is 9.80 Å². The summed E-state index contributed by atoms with van der Waals surface area (Å²) in [4.78, 5) is 30.2. The molecule has 1 atom stereocenters. The van der Waals surface area contributed by atoms with E-state index in [9.17, 15) is 14.7 Å². The first-order valence-electron chi connectivity index (χ1n) is 13.0. The fourth-order valence-corrected chi connectivity index (χ4v) is 5.09. The van der Waals surface area contributed by atoms with Crippen LogP contribution >= 0.6 is 0 Å². The number of amides is 1. The highest BCUT2D eigenvalue weighted by atomic mass is 16.5. The van der Waals surface area contributed by atoms with Crippen LogP contribution in [0.15, 0.2) is 48.0 Å². The molecule has 6 heteroatoms. The largest absolute Gasteiger partial charge is 0.507 e. The SMILES string of the molecule is CC(C)COc1cccc(C2/C(=C(/O)c3ccc4c(c3)CCCC4)C(=O)C(=O)N2CCCN(C)C)c1. The lowest BCUT2D eigenvalue weighted by atomic mass is 9.88. The van der Waals surface area contributed by atoms with E-state index in [2.05, 4.69) is 18.7 Å². The Bertz CT molecular complexity index is 1150. The smallest absolute Gasteiger partial charge is 0.295 e. The van der Waals surface area contributed by atoms with Crippen molar-refractivity contribution in [1.29, 1.82) is 0 Å². The summed E-state index contributed by atoms with van der Waals surface area (Å²) >= 11 is 0. The Morgan fingerprint density at radius 1 is 1.08 bits per heavy atom. The van der Waals surface area contributed by atoms with Crippen LogP contribution in [0, 0.1) is 5.92 Å². The van der Waals surface area contributed by atoms with E-state index in [0.29, 0.717) is 30.4 Å². The Morgan fingerprint density at radius 3 is 2.56 bits per heavy atom. The third-order valence-corrected chi connectivity index (χ3v) is 6.92. The lowest BCUT2D eigenvalue weighted by Crippen LogP contribution is -2.32. The van der Waals surface area contributed by atoms with Gasteiger partial charge >= 0.3 is 0 Å². The summed E-state index contributed by atoms with van der Waals surface area (Å²) in [6.07, 6.45) is 5.02. The standard InChI is InChI=1S/C30H38N2O4/c1-20(2)19-36-25-12-7-11-23(18-25)27-26(29(34)30(35)32(27)16-8-15-31(3)4)28(33)24-14-13-21-9-5-6-10-22(21)17-24/h7,11-14,17-18,20,27,33H,5-6,8-10,15-16,19H2,1-4H3/b28-26-. The summed E-state index contributed by atoms with van der Waals surface area (Å²) < 4.78 is 5.94. The third-order valence-electron chi connectivity index (χ3n) is 6.92. The molecule has 36 heavy (non-hydrogen) atoms. The molecule has 6 nitrogen and oxygen atoms in total. The van der Waals surface area contributed by atoms with Gasteiger partial charge in [0.05, 0.1) is 18.2 Å². The fraction of sp³-hybridized carbons (Fsp3) is 0.467. The first kappa shape index (κ1) is 26.0. The van der Waals surface area contributed by atoms with Crippen molar-refractivity contribution in [3.8, 4) is 5.75 Å². The van der Waals surface area contributed by atoms with Gasteiger partial charge in [-0.3, -0.25) is 9.59 Å². The van der Waals surface area contributed by atoms with Crippen molar-refractivity contribution in [2.75, 3.05) is 33.8 Å². The summed E-state index contributed by atoms with van der Waals surface area (Å²) in [6.45, 7) is 5.95. The number of nitrogens with zero attached hydrogens (tertiary/aromatic N) is 2. The molecule has 1 aliphatic heterocycles. The van der Waals surface area contributed by atoms with Gasteiger partial charge in [-0.05, 0) is 93.6 Å². The number of ketones is 1. The van der Waals surface area contributed by atoms with Crippen LogP contribution in [0.4, 0.5) is 0 Å². The van der Waals surface area contributed by atoms with Gasteiger partial charge in [0.15, 0.2) is 0 Å². The van der Waals surface area contributed by atoms with Gasteiger partial charge in [0.2, 0.25) is 0 Å². The second-order valence-electron chi connectivity index (χ2n) is 10.6. The second kappa shape index (κ2) is 11.3. The minimum atomic E-state index is -0.661. The number of carbonyl (C=O) groups is 2. The first-order valence-corrected chi connectivity index (χ1v) is 13.0. The molecule has 0 aromatic heterocycles. The summed E-state index contributed by atoms with van der Waals surface area (Å²) in [5, 5.41) is 11.5. The molecular weight excluding hydrogens is 452 g/mol. The van der Waals surface area contributed by atoms with Gasteiger partial charge < -0.3 is 19.6 Å². The maximum Gasteiger partial charge on any atom is 0.295 e. The zero-order valence-corrected chi connectivity index (χ0v) is 21.9. The van der Waals surface area contributed by atoms with E-state index in [-0.39, 0.29) is 11.3 Å². The summed E-state index contributed by atoms with van der Waals surface area (Å²) in [7, 11) is 3.97. The zero-order chi connectivity index (χ0) is 25.8. The highest BCUT2D eigenvalue weighted by Gasteiger charge is 2.46. The van der Waals surface area contributed by atoms with Crippen molar-refractivity contribution >= 4 is 17.4 Å². The molecule has 1 fully saturated rings. The van der Waals surface area contributed by atoms with E-state index >= 15 is 0 Å². The van der Waals surface area contributed by atoms with Crippen LogP contribution in [0.2, 0.25) is 0 Å². The fourth-order valence-electron chi connectivity index (χ4n) is 5.09. The molecule has 1 N–H and O–H groups in total. The van der Waals surface area contributed by atoms with Gasteiger partial charge in [-0.1, -0.05) is 38.1 Å². The Hall–Kier alpha value is -3.12. The number of hydrogen-bond acceptors (Lipinski definition) is 5. The van der Waals surface area contributed by atoms with Gasteiger partial charge in [-0.25, -0.2) is 0 Å². The molecule has 1 aliphatic carbocycles. The molecule has 0 spiro atoms. The van der Waals surface area contributed by atoms with Crippen molar-refractivity contribution in [2.24, 2.45) is 5.92 Å². The predicted octanol–water partition coefficient (Wildman–Crippen LogP) is 4.97. The molecule has 1 amide bonds. The number of likely N-dealkylation sites (tertiary alicyclic amines) is 1. The van der Waals surface area contributed by atoms with Gasteiger partial charge in [0.25, 0.3) is 11.7 Å². The number of aliphatic hydroxyl groups is 1. The highest BCUT2D eigenvalue weighted by Crippen LogP contribution is 2.40. The molecule has 4 rings (SSSR count). The van der Waals surface area contributed by atoms with Gasteiger partial charge in [0, 0.05) is 12.1 Å². The minimum absolute atomic E-state index is 0.102.